The third-order valence-electron chi connectivity index (χ3n) is 21.0. The second-order valence-electron chi connectivity index (χ2n) is 30.3. The standard InChI is InChI=1S/C86H161NO13/c1-3-5-7-9-11-13-15-17-19-21-23-25-27-29-31-33-35-37-39-41-43-45-47-49-51-53-55-57-59-61-63-65-67-69-75(90)74(73-97-85-83(96)81(94)84(77(72-89)99-85)100-86-82(95)80(93)79(92)76(71-88)98-86)87-78(91)70-68-66-64-62-60-58-56-54-52-50-48-46-44-42-40-38-36-34-32-30-28-26-24-22-20-18-16-14-12-10-8-6-4-2/h16,18,22,24,59,61,67,69,74-77,79-86,88-90,92-96H,3-15,17,19-21,23,25-58,60,62-66,68,70-73H2,1-2H3,(H,87,91)/b18-16-,24-22-,61-59+,69-67+. The molecular formula is C86H161NO13. The first-order chi connectivity index (χ1) is 49.1. The minimum absolute atomic E-state index is 0.241. The number of amides is 1. The van der Waals surface area contributed by atoms with E-state index < -0.39 is 86.8 Å². The highest BCUT2D eigenvalue weighted by molar-refractivity contribution is 5.76. The van der Waals surface area contributed by atoms with E-state index in [1.54, 1.807) is 6.08 Å². The molecular weight excluding hydrogens is 1250 g/mol. The minimum atomic E-state index is -1.79. The highest BCUT2D eigenvalue weighted by Gasteiger charge is 2.51. The molecule has 0 aromatic rings. The van der Waals surface area contributed by atoms with Gasteiger partial charge in [0, 0.05) is 6.42 Å². The third-order valence-corrected chi connectivity index (χ3v) is 21.0. The zero-order chi connectivity index (χ0) is 72.2. The Morgan fingerprint density at radius 3 is 1.04 bits per heavy atom. The van der Waals surface area contributed by atoms with Crippen molar-refractivity contribution in [2.45, 2.75) is 473 Å². The Kier molecular flexibility index (Phi) is 65.8. The van der Waals surface area contributed by atoms with Crippen LogP contribution in [0.3, 0.4) is 0 Å². The topological polar surface area (TPSA) is 228 Å². The molecule has 0 aromatic carbocycles. The van der Waals surface area contributed by atoms with Crippen LogP contribution in [0.4, 0.5) is 0 Å². The molecule has 0 radical (unpaired) electrons. The van der Waals surface area contributed by atoms with E-state index in [1.165, 1.54) is 327 Å². The van der Waals surface area contributed by atoms with E-state index in [0.717, 1.165) is 38.5 Å². The van der Waals surface area contributed by atoms with Gasteiger partial charge in [0.05, 0.1) is 32.0 Å². The summed E-state index contributed by atoms with van der Waals surface area (Å²) in [6, 6.07) is -0.933. The Morgan fingerprint density at radius 1 is 0.360 bits per heavy atom. The van der Waals surface area contributed by atoms with Crippen molar-refractivity contribution >= 4 is 5.91 Å². The van der Waals surface area contributed by atoms with Crippen LogP contribution in [0.2, 0.25) is 0 Å². The van der Waals surface area contributed by atoms with Crippen LogP contribution in [0, 0.1) is 0 Å². The summed E-state index contributed by atoms with van der Waals surface area (Å²) in [7, 11) is 0. The second kappa shape index (κ2) is 70.0. The van der Waals surface area contributed by atoms with Gasteiger partial charge in [-0.15, -0.1) is 0 Å². The Hall–Kier alpha value is -2.05. The molecule has 2 heterocycles. The Morgan fingerprint density at radius 2 is 0.670 bits per heavy atom. The SMILES string of the molecule is CCCCCCC/C=C\C/C=C\CCCCCCCCCCCCCCCCCCCCCCCC(=O)NC(COC1OC(CO)C(OC2OC(CO)C(O)C(O)C2O)C(O)C1O)C(O)/C=C/CC/C=C/CCCCCCCCCCCCCCCCCCCCCCCCCCCCC. The number of carbonyl (C=O) groups is 1. The van der Waals surface area contributed by atoms with Crippen LogP contribution in [0.15, 0.2) is 48.6 Å². The molecule has 12 atom stereocenters. The number of ether oxygens (including phenoxy) is 4. The summed E-state index contributed by atoms with van der Waals surface area (Å²) in [6.45, 7) is 2.84. The van der Waals surface area contributed by atoms with Crippen LogP contribution in [0.1, 0.15) is 399 Å². The van der Waals surface area contributed by atoms with Crippen LogP contribution < -0.4 is 5.32 Å². The van der Waals surface area contributed by atoms with E-state index >= 15 is 0 Å². The average Bonchev–Trinajstić information content (AvgIpc) is 0.791. The lowest BCUT2D eigenvalue weighted by atomic mass is 9.97. The highest BCUT2D eigenvalue weighted by atomic mass is 16.7. The molecule has 1 amide bonds. The van der Waals surface area contributed by atoms with Crippen LogP contribution in [0.25, 0.3) is 0 Å². The van der Waals surface area contributed by atoms with Crippen LogP contribution >= 0.6 is 0 Å². The summed E-state index contributed by atoms with van der Waals surface area (Å²) in [5, 5.41) is 87.8. The predicted molar refractivity (Wildman–Crippen MR) is 415 cm³/mol. The first-order valence-corrected chi connectivity index (χ1v) is 42.9. The van der Waals surface area contributed by atoms with Gasteiger partial charge in [0.2, 0.25) is 5.91 Å². The Labute approximate surface area is 614 Å². The van der Waals surface area contributed by atoms with Gasteiger partial charge in [-0.05, 0) is 64.2 Å². The van der Waals surface area contributed by atoms with Crippen LogP contribution in [-0.4, -0.2) is 140 Å². The molecule has 100 heavy (non-hydrogen) atoms. The maximum atomic E-state index is 13.4. The predicted octanol–water partition coefficient (Wildman–Crippen LogP) is 20.1. The number of allylic oxidation sites excluding steroid dienone is 7. The molecule has 14 nitrogen and oxygen atoms in total. The van der Waals surface area contributed by atoms with Gasteiger partial charge in [-0.3, -0.25) is 4.79 Å². The molecule has 2 fully saturated rings. The molecule has 588 valence electrons. The van der Waals surface area contributed by atoms with Crippen molar-refractivity contribution in [2.75, 3.05) is 19.8 Å². The van der Waals surface area contributed by atoms with E-state index in [9.17, 15) is 45.6 Å². The van der Waals surface area contributed by atoms with E-state index in [1.807, 2.05) is 6.08 Å². The van der Waals surface area contributed by atoms with Crippen molar-refractivity contribution < 1.29 is 64.6 Å². The number of aliphatic hydroxyl groups is 8. The Balaban J connectivity index is 1.60. The lowest BCUT2D eigenvalue weighted by Gasteiger charge is -2.46. The van der Waals surface area contributed by atoms with Crippen molar-refractivity contribution in [3.05, 3.63) is 48.6 Å². The first kappa shape index (κ1) is 94.0. The van der Waals surface area contributed by atoms with Crippen molar-refractivity contribution in [1.29, 1.82) is 0 Å². The van der Waals surface area contributed by atoms with Gasteiger partial charge in [0.15, 0.2) is 12.6 Å². The molecule has 2 aliphatic heterocycles. The Bertz CT molecular complexity index is 1870. The van der Waals surface area contributed by atoms with E-state index in [2.05, 4.69) is 55.6 Å². The van der Waals surface area contributed by atoms with Gasteiger partial charge in [-0.25, -0.2) is 0 Å². The van der Waals surface area contributed by atoms with Crippen molar-refractivity contribution in [3.8, 4) is 0 Å². The molecule has 2 rings (SSSR count). The molecule has 2 saturated heterocycles. The maximum absolute atomic E-state index is 13.4. The van der Waals surface area contributed by atoms with Gasteiger partial charge in [-0.1, -0.05) is 377 Å². The molecule has 0 saturated carbocycles. The fraction of sp³-hybridized carbons (Fsp3) is 0.895. The highest BCUT2D eigenvalue weighted by Crippen LogP contribution is 2.30. The zero-order valence-corrected chi connectivity index (χ0v) is 64.7. The van der Waals surface area contributed by atoms with Crippen LogP contribution in [-0.2, 0) is 23.7 Å². The smallest absolute Gasteiger partial charge is 0.220 e. The zero-order valence-electron chi connectivity index (χ0n) is 64.7. The molecule has 0 bridgehead atoms. The van der Waals surface area contributed by atoms with E-state index in [-0.39, 0.29) is 18.9 Å². The number of unbranched alkanes of at least 4 members (excludes halogenated alkanes) is 54. The van der Waals surface area contributed by atoms with Crippen LogP contribution in [0.5, 0.6) is 0 Å². The molecule has 12 unspecified atom stereocenters. The molecule has 0 aromatic heterocycles. The van der Waals surface area contributed by atoms with Gasteiger partial charge < -0.3 is 65.1 Å². The number of hydrogen-bond donors (Lipinski definition) is 9. The normalized spacial score (nSPS) is 22.0. The number of rotatable bonds is 73. The number of hydrogen-bond acceptors (Lipinski definition) is 13. The molecule has 9 N–H and O–H groups in total. The van der Waals surface area contributed by atoms with E-state index in [0.29, 0.717) is 12.8 Å². The third kappa shape index (κ3) is 52.0. The average molecular weight is 1420 g/mol. The minimum Gasteiger partial charge on any atom is -0.394 e. The molecule has 14 heteroatoms. The van der Waals surface area contributed by atoms with Crippen molar-refractivity contribution in [2.24, 2.45) is 0 Å². The largest absolute Gasteiger partial charge is 0.394 e. The summed E-state index contributed by atoms with van der Waals surface area (Å²) in [5.41, 5.74) is 0. The number of carbonyl (C=O) groups excluding carboxylic acids is 1. The van der Waals surface area contributed by atoms with Crippen molar-refractivity contribution in [1.82, 2.24) is 5.32 Å². The van der Waals surface area contributed by atoms with Gasteiger partial charge in [0.1, 0.15) is 48.8 Å². The summed E-state index contributed by atoms with van der Waals surface area (Å²) >= 11 is 0. The van der Waals surface area contributed by atoms with E-state index in [4.69, 9.17) is 18.9 Å². The van der Waals surface area contributed by atoms with Crippen molar-refractivity contribution in [3.63, 3.8) is 0 Å². The second-order valence-corrected chi connectivity index (χ2v) is 30.3. The fourth-order valence-corrected chi connectivity index (χ4v) is 14.2. The fourth-order valence-electron chi connectivity index (χ4n) is 14.2. The quantitative estimate of drug-likeness (QED) is 0.0204. The van der Waals surface area contributed by atoms with Gasteiger partial charge in [0.25, 0.3) is 0 Å². The van der Waals surface area contributed by atoms with Gasteiger partial charge in [-0.2, -0.15) is 0 Å². The monoisotopic (exact) mass is 1420 g/mol. The summed E-state index contributed by atoms with van der Waals surface area (Å²) in [5.74, 6) is -0.241. The summed E-state index contributed by atoms with van der Waals surface area (Å²) in [6.07, 6.45) is 77.9. The lowest BCUT2D eigenvalue weighted by Crippen LogP contribution is -2.65. The van der Waals surface area contributed by atoms with Gasteiger partial charge >= 0.3 is 0 Å². The summed E-state index contributed by atoms with van der Waals surface area (Å²) in [4.78, 5) is 13.4. The molecule has 2 aliphatic rings. The maximum Gasteiger partial charge on any atom is 0.220 e. The lowest BCUT2D eigenvalue weighted by molar-refractivity contribution is -0.359. The molecule has 0 spiro atoms. The molecule has 0 aliphatic carbocycles. The summed E-state index contributed by atoms with van der Waals surface area (Å²) < 4.78 is 22.9. The number of aliphatic hydroxyl groups excluding tert-OH is 8. The number of nitrogens with one attached hydrogen (secondary N) is 1. The first-order valence-electron chi connectivity index (χ1n) is 42.9.